The number of para-hydroxylation sites is 3. The smallest absolute Gasteiger partial charge is 0.159 e. The highest BCUT2D eigenvalue weighted by Gasteiger charge is 2.24. The Morgan fingerprint density at radius 3 is 1.77 bits per heavy atom. The average Bonchev–Trinajstić information content (AvgIpc) is 3.87. The molecular weight excluding hydrogens is 755 g/mol. The van der Waals surface area contributed by atoms with E-state index in [-0.39, 0.29) is 6.17 Å². The third kappa shape index (κ3) is 5.15. The van der Waals surface area contributed by atoms with Crippen LogP contribution in [-0.4, -0.2) is 20.8 Å². The molecule has 1 unspecified atom stereocenters. The van der Waals surface area contributed by atoms with Gasteiger partial charge in [0.15, 0.2) is 5.84 Å². The number of rotatable bonds is 5. The van der Waals surface area contributed by atoms with Gasteiger partial charge in [0.2, 0.25) is 0 Å². The van der Waals surface area contributed by atoms with E-state index in [1.54, 1.807) is 0 Å². The van der Waals surface area contributed by atoms with Gasteiger partial charge in [-0.25, -0.2) is 9.98 Å². The van der Waals surface area contributed by atoms with Crippen LogP contribution < -0.4 is 5.32 Å². The van der Waals surface area contributed by atoms with E-state index in [1.165, 1.54) is 75.9 Å². The molecule has 5 heteroatoms. The van der Waals surface area contributed by atoms with Gasteiger partial charge in [-0.1, -0.05) is 170 Å². The molecular formula is C57H37N5. The van der Waals surface area contributed by atoms with Crippen LogP contribution >= 0.6 is 0 Å². The summed E-state index contributed by atoms with van der Waals surface area (Å²) in [5, 5.41) is 15.8. The number of hydrogen-bond acceptors (Lipinski definition) is 3. The van der Waals surface area contributed by atoms with Crippen LogP contribution in [0.2, 0.25) is 0 Å². The van der Waals surface area contributed by atoms with E-state index in [0.29, 0.717) is 5.84 Å². The quantitative estimate of drug-likeness (QED) is 0.173. The molecule has 1 aliphatic rings. The van der Waals surface area contributed by atoms with Crippen molar-refractivity contribution >= 4 is 87.6 Å². The zero-order chi connectivity index (χ0) is 40.7. The maximum atomic E-state index is 5.26. The first-order chi connectivity index (χ1) is 30.8. The average molecular weight is 792 g/mol. The number of fused-ring (bicyclic) bond motifs is 13. The van der Waals surface area contributed by atoms with Crippen molar-refractivity contribution in [2.75, 3.05) is 0 Å². The molecule has 2 aromatic heterocycles. The molecule has 13 rings (SSSR count). The molecule has 0 bridgehead atoms. The highest BCUT2D eigenvalue weighted by atomic mass is 15.2. The minimum Gasteiger partial charge on any atom is -0.344 e. The van der Waals surface area contributed by atoms with Gasteiger partial charge in [0, 0.05) is 43.7 Å². The molecule has 12 aromatic rings. The molecule has 290 valence electrons. The number of nitrogens with zero attached hydrogens (tertiary/aromatic N) is 4. The molecule has 0 aliphatic carbocycles. The lowest BCUT2D eigenvalue weighted by Crippen LogP contribution is -2.33. The molecule has 5 nitrogen and oxygen atoms in total. The number of aliphatic imine (C=N–C) groups is 2. The standard InChI is InChI=1S/C57H37N5/c1-4-17-36(18-5-1)55-58-56(37-19-6-2-7-20-37)60-57(59-55)38-31-32-41-40-23-10-11-25-43(40)52-44(47(41)35-38)27-16-30-50(52)62-49-29-15-13-26-46(49)53-51(62)34-33-45-42-24-12-14-28-48(42)61(54(45)53)39-21-8-3-9-22-39/h1-35,55H,(H,58,59,60). The highest BCUT2D eigenvalue weighted by molar-refractivity contribution is 6.30. The van der Waals surface area contributed by atoms with E-state index >= 15 is 0 Å². The fraction of sp³-hybridized carbons (Fsp3) is 0.0175. The van der Waals surface area contributed by atoms with Crippen molar-refractivity contribution in [3.63, 3.8) is 0 Å². The Kier molecular flexibility index (Phi) is 7.60. The first-order valence-electron chi connectivity index (χ1n) is 21.2. The second-order valence-electron chi connectivity index (χ2n) is 16.1. The Balaban J connectivity index is 1.10. The molecule has 1 N–H and O–H groups in total. The summed E-state index contributed by atoms with van der Waals surface area (Å²) < 4.78 is 4.95. The number of benzene rings is 10. The van der Waals surface area contributed by atoms with E-state index in [4.69, 9.17) is 9.98 Å². The molecule has 1 atom stereocenters. The molecule has 62 heavy (non-hydrogen) atoms. The van der Waals surface area contributed by atoms with E-state index in [9.17, 15) is 0 Å². The van der Waals surface area contributed by atoms with Crippen molar-refractivity contribution in [3.05, 3.63) is 229 Å². The van der Waals surface area contributed by atoms with Crippen molar-refractivity contribution in [2.24, 2.45) is 9.98 Å². The second kappa shape index (κ2) is 13.6. The van der Waals surface area contributed by atoms with Gasteiger partial charge in [0.25, 0.3) is 0 Å². The SMILES string of the molecule is c1ccc(C2=NC(c3ccc4c5ccccc5c5c(-n6c7ccccc7c7c6ccc6c8ccccc8n(-c8ccccc8)c67)cccc5c4c3)=NC(c3ccccc3)N2)cc1. The van der Waals surface area contributed by atoms with E-state index in [1.807, 2.05) is 12.1 Å². The van der Waals surface area contributed by atoms with Crippen LogP contribution in [0.1, 0.15) is 22.9 Å². The molecule has 0 saturated carbocycles. The molecule has 10 aromatic carbocycles. The first-order valence-corrected chi connectivity index (χ1v) is 21.2. The maximum Gasteiger partial charge on any atom is 0.159 e. The van der Waals surface area contributed by atoms with Crippen molar-refractivity contribution < 1.29 is 0 Å². The van der Waals surface area contributed by atoms with Crippen molar-refractivity contribution in [2.45, 2.75) is 6.17 Å². The Hall–Kier alpha value is -8.28. The number of amidine groups is 2. The van der Waals surface area contributed by atoms with Crippen LogP contribution in [0.25, 0.3) is 87.3 Å². The Morgan fingerprint density at radius 1 is 0.387 bits per heavy atom. The number of aromatic nitrogens is 2. The third-order valence-corrected chi connectivity index (χ3v) is 12.7. The lowest BCUT2D eigenvalue weighted by atomic mass is 9.92. The summed E-state index contributed by atoms with van der Waals surface area (Å²) in [6.45, 7) is 0. The van der Waals surface area contributed by atoms with Gasteiger partial charge in [0.1, 0.15) is 12.0 Å². The van der Waals surface area contributed by atoms with Gasteiger partial charge in [-0.05, 0) is 75.0 Å². The summed E-state index contributed by atoms with van der Waals surface area (Å²) in [4.78, 5) is 10.4. The third-order valence-electron chi connectivity index (χ3n) is 12.7. The number of hydrogen-bond donors (Lipinski definition) is 1. The lowest BCUT2D eigenvalue weighted by molar-refractivity contribution is 0.674. The summed E-state index contributed by atoms with van der Waals surface area (Å²) in [5.41, 5.74) is 10.1. The second-order valence-corrected chi connectivity index (χ2v) is 16.1. The summed E-state index contributed by atoms with van der Waals surface area (Å²) in [7, 11) is 0. The summed E-state index contributed by atoms with van der Waals surface area (Å²) in [5.74, 6) is 1.51. The summed E-state index contributed by atoms with van der Waals surface area (Å²) in [6.07, 6.45) is -0.281. The van der Waals surface area contributed by atoms with Crippen LogP contribution in [0, 0.1) is 0 Å². The van der Waals surface area contributed by atoms with Crippen LogP contribution in [0.5, 0.6) is 0 Å². The van der Waals surface area contributed by atoms with Gasteiger partial charge in [-0.15, -0.1) is 0 Å². The molecule has 3 heterocycles. The Labute approximate surface area is 357 Å². The van der Waals surface area contributed by atoms with Crippen molar-refractivity contribution in [1.29, 1.82) is 0 Å². The summed E-state index contributed by atoms with van der Waals surface area (Å²) in [6, 6.07) is 76.3. The number of nitrogens with one attached hydrogen (secondary N) is 1. The Morgan fingerprint density at radius 2 is 0.984 bits per heavy atom. The van der Waals surface area contributed by atoms with Crippen molar-refractivity contribution in [3.8, 4) is 11.4 Å². The fourth-order valence-corrected chi connectivity index (χ4v) is 10.1. The van der Waals surface area contributed by atoms with Gasteiger partial charge in [-0.2, -0.15) is 0 Å². The van der Waals surface area contributed by atoms with Crippen LogP contribution in [0.3, 0.4) is 0 Å². The normalized spacial score (nSPS) is 14.3. The van der Waals surface area contributed by atoms with Crippen LogP contribution in [-0.2, 0) is 0 Å². The van der Waals surface area contributed by atoms with E-state index in [0.717, 1.165) is 33.9 Å². The topological polar surface area (TPSA) is 46.6 Å². The molecule has 0 fully saturated rings. The molecule has 1 aliphatic heterocycles. The van der Waals surface area contributed by atoms with Crippen LogP contribution in [0.15, 0.2) is 222 Å². The minimum atomic E-state index is -0.281. The van der Waals surface area contributed by atoms with Crippen LogP contribution in [0.4, 0.5) is 0 Å². The molecule has 0 spiro atoms. The molecule has 0 radical (unpaired) electrons. The molecule has 0 saturated heterocycles. The largest absolute Gasteiger partial charge is 0.344 e. The minimum absolute atomic E-state index is 0.281. The maximum absolute atomic E-state index is 5.26. The van der Waals surface area contributed by atoms with Gasteiger partial charge in [-0.3, -0.25) is 0 Å². The fourth-order valence-electron chi connectivity index (χ4n) is 10.1. The predicted octanol–water partition coefficient (Wildman–Crippen LogP) is 13.8. The first kappa shape index (κ1) is 34.6. The van der Waals surface area contributed by atoms with Gasteiger partial charge in [0.05, 0.1) is 27.8 Å². The summed E-state index contributed by atoms with van der Waals surface area (Å²) >= 11 is 0. The van der Waals surface area contributed by atoms with Gasteiger partial charge >= 0.3 is 0 Å². The lowest BCUT2D eigenvalue weighted by Gasteiger charge is -2.24. The zero-order valence-corrected chi connectivity index (χ0v) is 33.6. The predicted molar refractivity (Wildman–Crippen MR) is 259 cm³/mol. The molecule has 0 amide bonds. The van der Waals surface area contributed by atoms with E-state index < -0.39 is 0 Å². The van der Waals surface area contributed by atoms with Gasteiger partial charge < -0.3 is 14.5 Å². The highest BCUT2D eigenvalue weighted by Crippen LogP contribution is 2.45. The van der Waals surface area contributed by atoms with Crippen molar-refractivity contribution in [1.82, 2.24) is 14.5 Å². The monoisotopic (exact) mass is 791 g/mol. The Bertz CT molecular complexity index is 3820. The zero-order valence-electron chi connectivity index (χ0n) is 33.6. The van der Waals surface area contributed by atoms with E-state index in [2.05, 4.69) is 215 Å².